The minimum Gasteiger partial charge on any atom is -0.465 e. The van der Waals surface area contributed by atoms with Gasteiger partial charge >= 0.3 is 21.2 Å². The van der Waals surface area contributed by atoms with E-state index in [-0.39, 0.29) is 17.9 Å². The van der Waals surface area contributed by atoms with Crippen LogP contribution in [0.1, 0.15) is 21.5 Å². The monoisotopic (exact) mass is 380 g/mol. The van der Waals surface area contributed by atoms with Crippen molar-refractivity contribution in [3.63, 3.8) is 0 Å². The number of hydrogen-bond acceptors (Lipinski definition) is 8. The first-order valence-electron chi connectivity index (χ1n) is 6.87. The van der Waals surface area contributed by atoms with Gasteiger partial charge in [-0.25, -0.2) is 4.79 Å². The zero-order valence-electron chi connectivity index (χ0n) is 14.3. The average molecular weight is 380 g/mol. The largest absolute Gasteiger partial charge is 0.465 e. The van der Waals surface area contributed by atoms with Crippen LogP contribution in [0.4, 0.5) is 0 Å². The summed E-state index contributed by atoms with van der Waals surface area (Å²) in [6.45, 7) is 0. The van der Waals surface area contributed by atoms with Crippen LogP contribution in [0, 0.1) is 0 Å². The number of esters is 1. The molecule has 0 saturated carbocycles. The molecule has 0 aliphatic heterocycles. The third-order valence-corrected chi connectivity index (χ3v) is 7.07. The number of carbonyl (C=O) groups is 1. The number of carbonyl (C=O) groups excluding carboxylic acids is 1. The Morgan fingerprint density at radius 3 is 1.46 bits per heavy atom. The first-order valence-corrected chi connectivity index (χ1v) is 10.3. The van der Waals surface area contributed by atoms with Crippen molar-refractivity contribution in [3.05, 3.63) is 34.9 Å². The van der Waals surface area contributed by atoms with Gasteiger partial charge in [-0.2, -0.15) is 0 Å². The molecule has 1 rings (SSSR count). The number of hydrogen-bond donors (Lipinski definition) is 0. The predicted molar refractivity (Wildman–Crippen MR) is 88.4 cm³/mol. The molecule has 0 atom stereocenters. The molecule has 0 unspecified atom stereocenters. The van der Waals surface area contributed by atoms with Crippen LogP contribution in [0.15, 0.2) is 18.2 Å². The van der Waals surface area contributed by atoms with Gasteiger partial charge in [0.25, 0.3) is 0 Å². The number of rotatable bonds is 9. The number of benzene rings is 1. The molecule has 0 saturated heterocycles. The maximum absolute atomic E-state index is 12.3. The van der Waals surface area contributed by atoms with Crippen molar-refractivity contribution in [2.75, 3.05) is 35.5 Å². The molecule has 0 N–H and O–H groups in total. The van der Waals surface area contributed by atoms with Crippen LogP contribution >= 0.6 is 15.2 Å². The second kappa shape index (κ2) is 8.90. The van der Waals surface area contributed by atoms with Crippen molar-refractivity contribution in [1.82, 2.24) is 0 Å². The quantitative estimate of drug-likeness (QED) is 0.475. The summed E-state index contributed by atoms with van der Waals surface area (Å²) < 4.78 is 49.0. The highest BCUT2D eigenvalue weighted by atomic mass is 31.2. The Labute approximate surface area is 141 Å². The molecule has 0 amide bonds. The van der Waals surface area contributed by atoms with E-state index >= 15 is 0 Å². The maximum Gasteiger partial charge on any atom is 0.337 e. The fourth-order valence-corrected chi connectivity index (χ4v) is 4.11. The van der Waals surface area contributed by atoms with E-state index in [1.54, 1.807) is 6.07 Å². The minimum atomic E-state index is -3.33. The fourth-order valence-electron chi connectivity index (χ4n) is 2.04. The van der Waals surface area contributed by atoms with Crippen LogP contribution in [0.3, 0.4) is 0 Å². The van der Waals surface area contributed by atoms with Crippen LogP contribution < -0.4 is 0 Å². The molecule has 8 nitrogen and oxygen atoms in total. The molecule has 10 heteroatoms. The Morgan fingerprint density at radius 2 is 1.17 bits per heavy atom. The van der Waals surface area contributed by atoms with E-state index in [1.807, 2.05) is 0 Å². The molecule has 0 aromatic heterocycles. The Kier molecular flexibility index (Phi) is 7.80. The third-order valence-electron chi connectivity index (χ3n) is 3.34. The smallest absolute Gasteiger partial charge is 0.337 e. The van der Waals surface area contributed by atoms with Gasteiger partial charge < -0.3 is 22.8 Å². The van der Waals surface area contributed by atoms with Crippen molar-refractivity contribution in [1.29, 1.82) is 0 Å². The molecule has 0 aliphatic carbocycles. The fraction of sp³-hybridized carbons (Fsp3) is 0.500. The van der Waals surface area contributed by atoms with E-state index in [2.05, 4.69) is 0 Å². The molecule has 136 valence electrons. The van der Waals surface area contributed by atoms with Crippen LogP contribution in [0.2, 0.25) is 0 Å². The molecule has 0 radical (unpaired) electrons. The molecule has 0 heterocycles. The number of methoxy groups -OCH3 is 1. The maximum atomic E-state index is 12.3. The Balaban J connectivity index is 3.29. The predicted octanol–water partition coefficient (Wildman–Crippen LogP) is 3.45. The van der Waals surface area contributed by atoms with Crippen molar-refractivity contribution in [3.8, 4) is 0 Å². The molecule has 0 spiro atoms. The van der Waals surface area contributed by atoms with Gasteiger partial charge in [0.1, 0.15) is 0 Å². The van der Waals surface area contributed by atoms with E-state index in [4.69, 9.17) is 22.8 Å². The van der Waals surface area contributed by atoms with E-state index in [1.165, 1.54) is 47.7 Å². The lowest BCUT2D eigenvalue weighted by atomic mass is 10.1. The SMILES string of the molecule is COC(=O)c1cc(CP(=O)(OC)OC)cc(CP(=O)(OC)OC)c1. The zero-order valence-corrected chi connectivity index (χ0v) is 16.1. The molecule has 1 aromatic rings. The third kappa shape index (κ3) is 5.52. The summed E-state index contributed by atoms with van der Waals surface area (Å²) in [5.41, 5.74) is 1.25. The molecule has 1 aromatic carbocycles. The summed E-state index contributed by atoms with van der Waals surface area (Å²) in [5, 5.41) is 0. The standard InChI is InChI=1S/C14H22O8P2/c1-18-14(15)13-7-11(9-23(16,19-2)20-3)6-12(8-13)10-24(17,21-4)22-5/h6-8H,9-10H2,1-5H3. The van der Waals surface area contributed by atoms with Gasteiger partial charge in [-0.05, 0) is 23.3 Å². The first-order chi connectivity index (χ1) is 11.2. The van der Waals surface area contributed by atoms with Crippen molar-refractivity contribution >= 4 is 21.2 Å². The first kappa shape index (κ1) is 21.0. The molecular weight excluding hydrogens is 358 g/mol. The summed E-state index contributed by atoms with van der Waals surface area (Å²) in [6.07, 6.45) is -0.107. The van der Waals surface area contributed by atoms with E-state index < -0.39 is 21.2 Å². The highest BCUT2D eigenvalue weighted by molar-refractivity contribution is 7.53. The number of ether oxygens (including phenoxy) is 1. The summed E-state index contributed by atoms with van der Waals surface area (Å²) in [7, 11) is -0.302. The van der Waals surface area contributed by atoms with Gasteiger partial charge in [0.2, 0.25) is 0 Å². The lowest BCUT2D eigenvalue weighted by Crippen LogP contribution is -2.05. The van der Waals surface area contributed by atoms with Gasteiger partial charge in [0.15, 0.2) is 0 Å². The highest BCUT2D eigenvalue weighted by Gasteiger charge is 2.26. The van der Waals surface area contributed by atoms with Gasteiger partial charge in [-0.15, -0.1) is 0 Å². The van der Waals surface area contributed by atoms with E-state index in [0.717, 1.165) is 0 Å². The van der Waals surface area contributed by atoms with Gasteiger partial charge in [-0.1, -0.05) is 6.07 Å². The van der Waals surface area contributed by atoms with Crippen LogP contribution in [0.5, 0.6) is 0 Å². The molecular formula is C14H22O8P2. The Bertz CT molecular complexity index is 610. The van der Waals surface area contributed by atoms with Crippen LogP contribution in [0.25, 0.3) is 0 Å². The van der Waals surface area contributed by atoms with Crippen LogP contribution in [-0.2, 0) is 44.3 Å². The minimum absolute atomic E-state index is 0.0535. The topological polar surface area (TPSA) is 97.4 Å². The molecule has 24 heavy (non-hydrogen) atoms. The average Bonchev–Trinajstić information content (AvgIpc) is 2.60. The summed E-state index contributed by atoms with van der Waals surface area (Å²) in [4.78, 5) is 11.8. The molecule has 0 aliphatic rings. The van der Waals surface area contributed by atoms with E-state index in [0.29, 0.717) is 11.1 Å². The second-order valence-electron chi connectivity index (χ2n) is 4.80. The van der Waals surface area contributed by atoms with Crippen molar-refractivity contribution < 1.29 is 36.8 Å². The van der Waals surface area contributed by atoms with E-state index in [9.17, 15) is 13.9 Å². The lowest BCUT2D eigenvalue weighted by molar-refractivity contribution is 0.0600. The van der Waals surface area contributed by atoms with Gasteiger partial charge in [0.05, 0.1) is 25.0 Å². The molecule has 0 fully saturated rings. The normalized spacial score (nSPS) is 12.2. The lowest BCUT2D eigenvalue weighted by Gasteiger charge is -2.17. The summed E-state index contributed by atoms with van der Waals surface area (Å²) in [5.74, 6) is -0.576. The summed E-state index contributed by atoms with van der Waals surface area (Å²) in [6, 6.07) is 4.68. The van der Waals surface area contributed by atoms with Crippen LogP contribution in [-0.4, -0.2) is 41.5 Å². The second-order valence-corrected chi connectivity index (χ2v) is 9.33. The van der Waals surface area contributed by atoms with Gasteiger partial charge in [0, 0.05) is 28.4 Å². The zero-order chi connectivity index (χ0) is 18.4. The van der Waals surface area contributed by atoms with Crippen molar-refractivity contribution in [2.24, 2.45) is 0 Å². The highest BCUT2D eigenvalue weighted by Crippen LogP contribution is 2.52. The summed E-state index contributed by atoms with van der Waals surface area (Å²) >= 11 is 0. The molecule has 0 bridgehead atoms. The van der Waals surface area contributed by atoms with Crippen molar-refractivity contribution in [2.45, 2.75) is 12.3 Å². The van der Waals surface area contributed by atoms with Gasteiger partial charge in [-0.3, -0.25) is 9.13 Å². The Morgan fingerprint density at radius 1 is 0.792 bits per heavy atom. The Hall–Kier alpha value is -1.01.